The number of fused-ring (bicyclic) bond motifs is 1. The van der Waals surface area contributed by atoms with E-state index >= 15 is 0 Å². The third kappa shape index (κ3) is 2.93. The number of anilines is 1. The van der Waals surface area contributed by atoms with E-state index in [-0.39, 0.29) is 12.4 Å². The van der Waals surface area contributed by atoms with Gasteiger partial charge < -0.3 is 10.4 Å². The Labute approximate surface area is 124 Å². The van der Waals surface area contributed by atoms with E-state index in [9.17, 15) is 9.50 Å². The van der Waals surface area contributed by atoms with E-state index in [1.54, 1.807) is 0 Å². The monoisotopic (exact) mass is 285 g/mol. The summed E-state index contributed by atoms with van der Waals surface area (Å²) in [6.07, 6.45) is 2.53. The van der Waals surface area contributed by atoms with Crippen LogP contribution < -0.4 is 5.32 Å². The van der Waals surface area contributed by atoms with Gasteiger partial charge in [-0.05, 0) is 61.1 Å². The fraction of sp³-hybridized carbons (Fsp3) is 0.333. The summed E-state index contributed by atoms with van der Waals surface area (Å²) in [5, 5.41) is 13.3. The quantitative estimate of drug-likeness (QED) is 0.905. The predicted molar refractivity (Wildman–Crippen MR) is 83.0 cm³/mol. The maximum atomic E-state index is 13.5. The van der Waals surface area contributed by atoms with Gasteiger partial charge in [0.05, 0.1) is 12.1 Å². The van der Waals surface area contributed by atoms with Crippen LogP contribution in [0.2, 0.25) is 0 Å². The number of aliphatic hydroxyl groups is 1. The van der Waals surface area contributed by atoms with Crippen molar-refractivity contribution in [3.8, 4) is 0 Å². The van der Waals surface area contributed by atoms with Gasteiger partial charge in [0, 0.05) is 5.69 Å². The Morgan fingerprint density at radius 1 is 1.19 bits per heavy atom. The minimum absolute atomic E-state index is 0.0386. The molecule has 1 aliphatic carbocycles. The van der Waals surface area contributed by atoms with Gasteiger partial charge in [-0.1, -0.05) is 24.3 Å². The van der Waals surface area contributed by atoms with Gasteiger partial charge in [-0.3, -0.25) is 0 Å². The van der Waals surface area contributed by atoms with Crippen molar-refractivity contribution < 1.29 is 9.50 Å². The summed E-state index contributed by atoms with van der Waals surface area (Å²) in [7, 11) is 0. The Balaban J connectivity index is 1.88. The van der Waals surface area contributed by atoms with Crippen LogP contribution in [0, 0.1) is 12.7 Å². The molecule has 0 saturated carbocycles. The van der Waals surface area contributed by atoms with Crippen LogP contribution in [0.3, 0.4) is 0 Å². The highest BCUT2D eigenvalue weighted by Crippen LogP contribution is 2.32. The second kappa shape index (κ2) is 5.49. The molecule has 0 spiro atoms. The highest BCUT2D eigenvalue weighted by atomic mass is 19.1. The molecule has 0 saturated heterocycles. The molecule has 3 rings (SSSR count). The Morgan fingerprint density at radius 3 is 2.67 bits per heavy atom. The smallest absolute Gasteiger partial charge is 0.125 e. The maximum absolute atomic E-state index is 13.5. The lowest BCUT2D eigenvalue weighted by Crippen LogP contribution is -2.47. The zero-order valence-electron chi connectivity index (χ0n) is 12.2. The average Bonchev–Trinajstić information content (AvgIpc) is 2.46. The number of benzene rings is 2. The molecule has 2 aromatic rings. The van der Waals surface area contributed by atoms with Gasteiger partial charge in [0.25, 0.3) is 0 Å². The topological polar surface area (TPSA) is 32.3 Å². The van der Waals surface area contributed by atoms with Crippen molar-refractivity contribution >= 4 is 5.69 Å². The molecule has 2 nitrogen and oxygen atoms in total. The summed E-state index contributed by atoms with van der Waals surface area (Å²) < 4.78 is 13.5. The summed E-state index contributed by atoms with van der Waals surface area (Å²) in [6, 6.07) is 13.2. The van der Waals surface area contributed by atoms with Crippen molar-refractivity contribution in [3.05, 3.63) is 65.0 Å². The zero-order chi connectivity index (χ0) is 14.9. The fourth-order valence-electron chi connectivity index (χ4n) is 3.20. The lowest BCUT2D eigenvalue weighted by atomic mass is 9.78. The number of rotatable bonds is 3. The highest BCUT2D eigenvalue weighted by Gasteiger charge is 2.33. The van der Waals surface area contributed by atoms with Gasteiger partial charge in [0.2, 0.25) is 0 Å². The predicted octanol–water partition coefficient (Wildman–Crippen LogP) is 3.47. The first-order chi connectivity index (χ1) is 10.1. The van der Waals surface area contributed by atoms with Crippen molar-refractivity contribution in [2.24, 2.45) is 0 Å². The SMILES string of the molecule is Cc1cc(F)cc(NC2(CO)CCc3ccccc3C2)c1. The van der Waals surface area contributed by atoms with Crippen molar-refractivity contribution in [1.82, 2.24) is 0 Å². The van der Waals surface area contributed by atoms with E-state index in [2.05, 4.69) is 17.4 Å². The van der Waals surface area contributed by atoms with Crippen LogP contribution in [0.25, 0.3) is 0 Å². The first-order valence-corrected chi connectivity index (χ1v) is 7.33. The molecule has 0 bridgehead atoms. The molecule has 0 amide bonds. The summed E-state index contributed by atoms with van der Waals surface area (Å²) in [5.74, 6) is -0.248. The van der Waals surface area contributed by atoms with Crippen LogP contribution in [0.1, 0.15) is 23.1 Å². The molecule has 1 unspecified atom stereocenters. The van der Waals surface area contributed by atoms with E-state index < -0.39 is 5.54 Å². The number of hydrogen-bond acceptors (Lipinski definition) is 2. The molecule has 0 fully saturated rings. The molecule has 2 N–H and O–H groups in total. The summed E-state index contributed by atoms with van der Waals surface area (Å²) in [5.41, 5.74) is 3.81. The molecule has 2 aromatic carbocycles. The molecule has 3 heteroatoms. The zero-order valence-corrected chi connectivity index (χ0v) is 12.2. The van der Waals surface area contributed by atoms with Crippen molar-refractivity contribution in [1.29, 1.82) is 0 Å². The number of halogens is 1. The van der Waals surface area contributed by atoms with Crippen molar-refractivity contribution in [2.45, 2.75) is 31.7 Å². The molecule has 110 valence electrons. The number of nitrogens with one attached hydrogen (secondary N) is 1. The molecular weight excluding hydrogens is 265 g/mol. The number of hydrogen-bond donors (Lipinski definition) is 2. The van der Waals surface area contributed by atoms with Crippen LogP contribution in [-0.4, -0.2) is 17.3 Å². The molecule has 1 atom stereocenters. The van der Waals surface area contributed by atoms with E-state index in [1.165, 1.54) is 23.3 Å². The molecule has 0 aromatic heterocycles. The lowest BCUT2D eigenvalue weighted by molar-refractivity contribution is 0.196. The van der Waals surface area contributed by atoms with Crippen LogP contribution in [0.15, 0.2) is 42.5 Å². The summed E-state index contributed by atoms with van der Waals surface area (Å²) in [6.45, 7) is 1.91. The van der Waals surface area contributed by atoms with Gasteiger partial charge in [-0.2, -0.15) is 0 Å². The molecule has 0 aliphatic heterocycles. The Kier molecular flexibility index (Phi) is 3.68. The third-order valence-electron chi connectivity index (χ3n) is 4.27. The van der Waals surface area contributed by atoms with Gasteiger partial charge in [-0.15, -0.1) is 0 Å². The van der Waals surface area contributed by atoms with E-state index in [1.807, 2.05) is 25.1 Å². The van der Waals surface area contributed by atoms with Crippen LogP contribution in [0.5, 0.6) is 0 Å². The highest BCUT2D eigenvalue weighted by molar-refractivity contribution is 5.50. The Bertz CT molecular complexity index is 635. The number of aryl methyl sites for hydroxylation is 2. The summed E-state index contributed by atoms with van der Waals surface area (Å²) >= 11 is 0. The second-order valence-corrected chi connectivity index (χ2v) is 6.03. The van der Waals surface area contributed by atoms with Crippen LogP contribution in [-0.2, 0) is 12.8 Å². The molecule has 0 radical (unpaired) electrons. The minimum Gasteiger partial charge on any atom is -0.394 e. The Hall–Kier alpha value is -1.87. The van der Waals surface area contributed by atoms with Gasteiger partial charge in [-0.25, -0.2) is 4.39 Å². The average molecular weight is 285 g/mol. The van der Waals surface area contributed by atoms with Gasteiger partial charge in [0.1, 0.15) is 5.82 Å². The summed E-state index contributed by atoms with van der Waals surface area (Å²) in [4.78, 5) is 0. The third-order valence-corrected chi connectivity index (χ3v) is 4.27. The molecule has 21 heavy (non-hydrogen) atoms. The largest absolute Gasteiger partial charge is 0.394 e. The van der Waals surface area contributed by atoms with E-state index in [4.69, 9.17) is 0 Å². The minimum atomic E-state index is -0.408. The van der Waals surface area contributed by atoms with Gasteiger partial charge >= 0.3 is 0 Å². The lowest BCUT2D eigenvalue weighted by Gasteiger charge is -2.38. The van der Waals surface area contributed by atoms with E-state index in [0.717, 1.165) is 30.5 Å². The van der Waals surface area contributed by atoms with Crippen molar-refractivity contribution in [2.75, 3.05) is 11.9 Å². The Morgan fingerprint density at radius 2 is 1.95 bits per heavy atom. The fourth-order valence-corrected chi connectivity index (χ4v) is 3.20. The molecular formula is C18H20FNO. The standard InChI is InChI=1S/C18H20FNO/c1-13-8-16(19)10-17(9-13)20-18(12-21)7-6-14-4-2-3-5-15(14)11-18/h2-5,8-10,20-21H,6-7,11-12H2,1H3. The maximum Gasteiger partial charge on any atom is 0.125 e. The number of aliphatic hydroxyl groups excluding tert-OH is 1. The van der Waals surface area contributed by atoms with Gasteiger partial charge in [0.15, 0.2) is 0 Å². The molecule has 0 heterocycles. The van der Waals surface area contributed by atoms with Crippen molar-refractivity contribution in [3.63, 3.8) is 0 Å². The van der Waals surface area contributed by atoms with E-state index in [0.29, 0.717) is 0 Å². The second-order valence-electron chi connectivity index (χ2n) is 6.03. The molecule has 1 aliphatic rings. The normalized spacial score (nSPS) is 20.9. The first kappa shape index (κ1) is 14.1. The first-order valence-electron chi connectivity index (χ1n) is 7.33. The van der Waals surface area contributed by atoms with Crippen LogP contribution >= 0.6 is 0 Å². The van der Waals surface area contributed by atoms with Crippen LogP contribution in [0.4, 0.5) is 10.1 Å².